The van der Waals surface area contributed by atoms with Crippen LogP contribution in [-0.2, 0) is 0 Å². The van der Waals surface area contributed by atoms with Gasteiger partial charge in [-0.05, 0) is 43.3 Å². The minimum absolute atomic E-state index is 0.0268. The average molecular weight is 409 g/mol. The molecule has 0 atom stereocenters. The second kappa shape index (κ2) is 8.39. The number of aromatic hydroxyl groups is 1. The molecule has 0 saturated heterocycles. The topological polar surface area (TPSA) is 96.9 Å². The van der Waals surface area contributed by atoms with Gasteiger partial charge in [-0.15, -0.1) is 0 Å². The zero-order valence-corrected chi connectivity index (χ0v) is 15.2. The fraction of sp³-hybridized carbons (Fsp3) is 0.176. The lowest BCUT2D eigenvalue weighted by Gasteiger charge is -2.12. The summed E-state index contributed by atoms with van der Waals surface area (Å²) in [5, 5.41) is 9.71. The highest BCUT2D eigenvalue weighted by atomic mass is 79.9. The van der Waals surface area contributed by atoms with Crippen LogP contribution >= 0.6 is 15.9 Å². The Bertz CT molecular complexity index is 795. The predicted octanol–water partition coefficient (Wildman–Crippen LogP) is 2.64. The van der Waals surface area contributed by atoms with Crippen LogP contribution in [0.4, 0.5) is 0 Å². The zero-order chi connectivity index (χ0) is 18.4. The van der Waals surface area contributed by atoms with Gasteiger partial charge in [0.25, 0.3) is 11.8 Å². The first-order chi connectivity index (χ1) is 12.0. The normalized spacial score (nSPS) is 10.0. The number of amides is 2. The largest absolute Gasteiger partial charge is 0.507 e. The van der Waals surface area contributed by atoms with E-state index in [2.05, 4.69) is 26.8 Å². The lowest BCUT2D eigenvalue weighted by atomic mass is 10.2. The summed E-state index contributed by atoms with van der Waals surface area (Å²) in [4.78, 5) is 24.2. The standard InChI is InChI=1S/C17H17BrN2O5/c1-3-25-14-7-4-10(8-15(14)24-2)16(22)19-20-17(23)12-9-11(18)5-6-13(12)21/h4-9,21H,3H2,1-2H3,(H,19,22)(H,20,23). The van der Waals surface area contributed by atoms with Crippen LogP contribution in [0, 0.1) is 0 Å². The molecule has 0 bridgehead atoms. The molecule has 132 valence electrons. The summed E-state index contributed by atoms with van der Waals surface area (Å²) >= 11 is 3.21. The Kier molecular flexibility index (Phi) is 6.24. The molecular weight excluding hydrogens is 392 g/mol. The summed E-state index contributed by atoms with van der Waals surface area (Å²) in [5.74, 6) is -0.456. The Labute approximate surface area is 153 Å². The van der Waals surface area contributed by atoms with E-state index >= 15 is 0 Å². The molecule has 0 fully saturated rings. The van der Waals surface area contributed by atoms with Crippen molar-refractivity contribution in [3.8, 4) is 17.2 Å². The summed E-state index contributed by atoms with van der Waals surface area (Å²) in [6.07, 6.45) is 0. The molecule has 2 amide bonds. The van der Waals surface area contributed by atoms with Gasteiger partial charge >= 0.3 is 0 Å². The number of benzene rings is 2. The summed E-state index contributed by atoms with van der Waals surface area (Å²) in [7, 11) is 1.47. The molecule has 3 N–H and O–H groups in total. The van der Waals surface area contributed by atoms with Crippen molar-refractivity contribution in [3.05, 3.63) is 52.0 Å². The van der Waals surface area contributed by atoms with Gasteiger partial charge in [0.2, 0.25) is 0 Å². The number of carbonyl (C=O) groups is 2. The van der Waals surface area contributed by atoms with Crippen LogP contribution < -0.4 is 20.3 Å². The number of methoxy groups -OCH3 is 1. The van der Waals surface area contributed by atoms with Crippen molar-refractivity contribution >= 4 is 27.7 Å². The first kappa shape index (κ1) is 18.6. The lowest BCUT2D eigenvalue weighted by Crippen LogP contribution is -2.41. The third-order valence-electron chi connectivity index (χ3n) is 3.22. The Balaban J connectivity index is 2.07. The molecule has 7 nitrogen and oxygen atoms in total. The van der Waals surface area contributed by atoms with Crippen molar-refractivity contribution in [2.45, 2.75) is 6.92 Å². The Morgan fingerprint density at radius 2 is 1.80 bits per heavy atom. The molecule has 2 aromatic rings. The third-order valence-corrected chi connectivity index (χ3v) is 3.71. The molecule has 0 unspecified atom stereocenters. The number of carbonyl (C=O) groups excluding carboxylic acids is 2. The van der Waals surface area contributed by atoms with Crippen molar-refractivity contribution in [2.24, 2.45) is 0 Å². The second-order valence-electron chi connectivity index (χ2n) is 4.87. The molecule has 0 aliphatic carbocycles. The van der Waals surface area contributed by atoms with E-state index in [1.54, 1.807) is 18.2 Å². The van der Waals surface area contributed by atoms with Crippen molar-refractivity contribution in [1.29, 1.82) is 0 Å². The average Bonchev–Trinajstić information content (AvgIpc) is 2.62. The number of ether oxygens (including phenoxy) is 2. The number of hydrogen-bond acceptors (Lipinski definition) is 5. The smallest absolute Gasteiger partial charge is 0.273 e. The molecule has 0 aliphatic rings. The van der Waals surface area contributed by atoms with Crippen molar-refractivity contribution in [2.75, 3.05) is 13.7 Å². The molecule has 2 aromatic carbocycles. The summed E-state index contributed by atoms with van der Waals surface area (Å²) < 4.78 is 11.2. The van der Waals surface area contributed by atoms with E-state index in [-0.39, 0.29) is 16.9 Å². The second-order valence-corrected chi connectivity index (χ2v) is 5.78. The number of hydrazine groups is 1. The Morgan fingerprint density at radius 3 is 2.48 bits per heavy atom. The molecule has 0 aliphatic heterocycles. The van der Waals surface area contributed by atoms with Gasteiger partial charge in [0.1, 0.15) is 5.75 Å². The van der Waals surface area contributed by atoms with Crippen LogP contribution in [0.2, 0.25) is 0 Å². The van der Waals surface area contributed by atoms with Crippen LogP contribution in [0.15, 0.2) is 40.9 Å². The van der Waals surface area contributed by atoms with Crippen molar-refractivity contribution in [1.82, 2.24) is 10.9 Å². The summed E-state index contributed by atoms with van der Waals surface area (Å²) in [6.45, 7) is 2.31. The molecule has 0 saturated carbocycles. The fourth-order valence-electron chi connectivity index (χ4n) is 2.03. The van der Waals surface area contributed by atoms with E-state index in [0.29, 0.717) is 22.6 Å². The highest BCUT2D eigenvalue weighted by Crippen LogP contribution is 2.28. The van der Waals surface area contributed by atoms with E-state index in [1.165, 1.54) is 25.3 Å². The molecule has 0 radical (unpaired) electrons. The van der Waals surface area contributed by atoms with Crippen molar-refractivity contribution < 1.29 is 24.2 Å². The van der Waals surface area contributed by atoms with Crippen LogP contribution in [0.25, 0.3) is 0 Å². The maximum absolute atomic E-state index is 12.2. The Morgan fingerprint density at radius 1 is 1.08 bits per heavy atom. The van der Waals surface area contributed by atoms with Crippen LogP contribution in [0.5, 0.6) is 17.2 Å². The quantitative estimate of drug-likeness (QED) is 0.660. The van der Waals surface area contributed by atoms with Crippen LogP contribution in [0.1, 0.15) is 27.6 Å². The minimum Gasteiger partial charge on any atom is -0.507 e. The summed E-state index contributed by atoms with van der Waals surface area (Å²) in [5.41, 5.74) is 4.84. The molecule has 2 rings (SSSR count). The first-order valence-corrected chi connectivity index (χ1v) is 8.15. The first-order valence-electron chi connectivity index (χ1n) is 7.36. The zero-order valence-electron chi connectivity index (χ0n) is 13.6. The van der Waals surface area contributed by atoms with Gasteiger partial charge in [-0.25, -0.2) is 0 Å². The molecule has 25 heavy (non-hydrogen) atoms. The molecule has 0 spiro atoms. The van der Waals surface area contributed by atoms with E-state index in [0.717, 1.165) is 0 Å². The van der Waals surface area contributed by atoms with E-state index in [4.69, 9.17) is 9.47 Å². The highest BCUT2D eigenvalue weighted by Gasteiger charge is 2.15. The lowest BCUT2D eigenvalue weighted by molar-refractivity contribution is 0.0844. The number of phenols is 1. The van der Waals surface area contributed by atoms with Gasteiger partial charge in [0, 0.05) is 10.0 Å². The van der Waals surface area contributed by atoms with Gasteiger partial charge in [-0.2, -0.15) is 0 Å². The fourth-order valence-corrected chi connectivity index (χ4v) is 2.39. The Hall–Kier alpha value is -2.74. The SMILES string of the molecule is CCOc1ccc(C(=O)NNC(=O)c2cc(Br)ccc2O)cc1OC. The van der Waals surface area contributed by atoms with E-state index < -0.39 is 11.8 Å². The van der Waals surface area contributed by atoms with E-state index in [9.17, 15) is 14.7 Å². The van der Waals surface area contributed by atoms with Crippen molar-refractivity contribution in [3.63, 3.8) is 0 Å². The minimum atomic E-state index is -0.648. The number of nitrogens with one attached hydrogen (secondary N) is 2. The molecule has 0 aromatic heterocycles. The third kappa shape index (κ3) is 4.63. The number of rotatable bonds is 5. The highest BCUT2D eigenvalue weighted by molar-refractivity contribution is 9.10. The van der Waals surface area contributed by atoms with Gasteiger partial charge in [-0.1, -0.05) is 15.9 Å². The number of hydrogen-bond donors (Lipinski definition) is 3. The molecule has 8 heteroatoms. The molecular formula is C17H17BrN2O5. The van der Waals surface area contributed by atoms with Crippen LogP contribution in [0.3, 0.4) is 0 Å². The van der Waals surface area contributed by atoms with Crippen LogP contribution in [-0.4, -0.2) is 30.6 Å². The van der Waals surface area contributed by atoms with Gasteiger partial charge in [0.05, 0.1) is 19.3 Å². The van der Waals surface area contributed by atoms with Gasteiger partial charge < -0.3 is 14.6 Å². The summed E-state index contributed by atoms with van der Waals surface area (Å²) in [6, 6.07) is 9.07. The number of halogens is 1. The maximum atomic E-state index is 12.2. The van der Waals surface area contributed by atoms with E-state index in [1.807, 2.05) is 6.92 Å². The predicted molar refractivity (Wildman–Crippen MR) is 94.9 cm³/mol. The molecule has 0 heterocycles. The van der Waals surface area contributed by atoms with Gasteiger partial charge in [0.15, 0.2) is 11.5 Å². The maximum Gasteiger partial charge on any atom is 0.273 e. The number of phenolic OH excluding ortho intramolecular Hbond substituents is 1. The monoisotopic (exact) mass is 408 g/mol. The van der Waals surface area contributed by atoms with Gasteiger partial charge in [-0.3, -0.25) is 20.4 Å².